The van der Waals surface area contributed by atoms with E-state index in [1.54, 1.807) is 14.2 Å². The van der Waals surface area contributed by atoms with Crippen molar-refractivity contribution in [3.63, 3.8) is 0 Å². The van der Waals surface area contributed by atoms with Gasteiger partial charge in [-0.05, 0) is 36.1 Å². The predicted molar refractivity (Wildman–Crippen MR) is 72.9 cm³/mol. The van der Waals surface area contributed by atoms with Gasteiger partial charge in [0.1, 0.15) is 5.75 Å². The lowest BCUT2D eigenvalue weighted by atomic mass is 10.0. The number of nitrogens with two attached hydrogens (primary N) is 1. The van der Waals surface area contributed by atoms with Crippen LogP contribution in [-0.2, 0) is 17.8 Å². The molecule has 0 bridgehead atoms. The number of hydrogen-bond donors (Lipinski definition) is 1. The van der Waals surface area contributed by atoms with E-state index >= 15 is 0 Å². The SMILES string of the molecule is CCC(N)Cc1cc(COC)ccc1OC.Cl. The molecule has 0 amide bonds. The Balaban J connectivity index is 0.00000256. The van der Waals surface area contributed by atoms with E-state index < -0.39 is 0 Å². The van der Waals surface area contributed by atoms with E-state index in [1.807, 2.05) is 12.1 Å². The normalized spacial score (nSPS) is 11.8. The molecule has 0 spiro atoms. The summed E-state index contributed by atoms with van der Waals surface area (Å²) in [5, 5.41) is 0. The van der Waals surface area contributed by atoms with Crippen molar-refractivity contribution in [1.82, 2.24) is 0 Å². The van der Waals surface area contributed by atoms with Crippen LogP contribution in [0.4, 0.5) is 0 Å². The lowest BCUT2D eigenvalue weighted by molar-refractivity contribution is 0.184. The minimum absolute atomic E-state index is 0. The standard InChI is InChI=1S/C13H21NO2.ClH/c1-4-12(14)8-11-7-10(9-15-2)5-6-13(11)16-3;/h5-7,12H,4,8-9,14H2,1-3H3;1H. The summed E-state index contributed by atoms with van der Waals surface area (Å²) in [7, 11) is 3.38. The summed E-state index contributed by atoms with van der Waals surface area (Å²) in [6.45, 7) is 2.72. The van der Waals surface area contributed by atoms with Gasteiger partial charge in [0.25, 0.3) is 0 Å². The molecule has 4 heteroatoms. The Morgan fingerprint density at radius 2 is 2.00 bits per heavy atom. The first kappa shape index (κ1) is 16.2. The van der Waals surface area contributed by atoms with Crippen molar-refractivity contribution in [2.75, 3.05) is 14.2 Å². The van der Waals surface area contributed by atoms with Crippen LogP contribution in [0.1, 0.15) is 24.5 Å². The molecule has 1 aromatic carbocycles. The molecule has 1 aromatic rings. The second-order valence-electron chi connectivity index (χ2n) is 3.95. The van der Waals surface area contributed by atoms with Crippen LogP contribution in [0.2, 0.25) is 0 Å². The molecule has 1 unspecified atom stereocenters. The average molecular weight is 260 g/mol. The summed E-state index contributed by atoms with van der Waals surface area (Å²) >= 11 is 0. The van der Waals surface area contributed by atoms with Crippen LogP contribution >= 0.6 is 12.4 Å². The van der Waals surface area contributed by atoms with Crippen molar-refractivity contribution in [3.05, 3.63) is 29.3 Å². The summed E-state index contributed by atoms with van der Waals surface area (Å²) in [5.41, 5.74) is 8.28. The largest absolute Gasteiger partial charge is 0.496 e. The first-order chi connectivity index (χ1) is 7.71. The quantitative estimate of drug-likeness (QED) is 0.854. The molecule has 0 aliphatic heterocycles. The molecule has 0 radical (unpaired) electrons. The first-order valence-corrected chi connectivity index (χ1v) is 5.61. The molecule has 3 nitrogen and oxygen atoms in total. The van der Waals surface area contributed by atoms with Gasteiger partial charge in [0.05, 0.1) is 13.7 Å². The van der Waals surface area contributed by atoms with Gasteiger partial charge < -0.3 is 15.2 Å². The van der Waals surface area contributed by atoms with Gasteiger partial charge in [-0.2, -0.15) is 0 Å². The van der Waals surface area contributed by atoms with E-state index in [2.05, 4.69) is 13.0 Å². The molecule has 0 heterocycles. The lowest BCUT2D eigenvalue weighted by Gasteiger charge is -2.14. The molecule has 1 rings (SSSR count). The van der Waals surface area contributed by atoms with E-state index in [0.29, 0.717) is 6.61 Å². The summed E-state index contributed by atoms with van der Waals surface area (Å²) in [6.07, 6.45) is 1.81. The fourth-order valence-electron chi connectivity index (χ4n) is 1.67. The van der Waals surface area contributed by atoms with Gasteiger partial charge in [-0.25, -0.2) is 0 Å². The Hall–Kier alpha value is -0.770. The number of methoxy groups -OCH3 is 2. The third-order valence-corrected chi connectivity index (χ3v) is 2.66. The van der Waals surface area contributed by atoms with Gasteiger partial charge in [-0.1, -0.05) is 13.0 Å². The molecule has 1 atom stereocenters. The van der Waals surface area contributed by atoms with Gasteiger partial charge in [0.15, 0.2) is 0 Å². The Morgan fingerprint density at radius 1 is 1.29 bits per heavy atom. The second kappa shape index (κ2) is 8.34. The Morgan fingerprint density at radius 3 is 2.53 bits per heavy atom. The van der Waals surface area contributed by atoms with Crippen molar-refractivity contribution >= 4 is 12.4 Å². The zero-order valence-corrected chi connectivity index (χ0v) is 11.5. The van der Waals surface area contributed by atoms with Crippen LogP contribution in [0.3, 0.4) is 0 Å². The van der Waals surface area contributed by atoms with Gasteiger partial charge in [0, 0.05) is 13.2 Å². The molecule has 0 aliphatic carbocycles. The van der Waals surface area contributed by atoms with Crippen molar-refractivity contribution in [1.29, 1.82) is 0 Å². The van der Waals surface area contributed by atoms with Crippen LogP contribution in [0.15, 0.2) is 18.2 Å². The molecule has 0 saturated heterocycles. The third kappa shape index (κ3) is 4.94. The number of halogens is 1. The number of rotatable bonds is 6. The number of hydrogen-bond acceptors (Lipinski definition) is 3. The minimum Gasteiger partial charge on any atom is -0.496 e. The van der Waals surface area contributed by atoms with Crippen LogP contribution in [0, 0.1) is 0 Å². The van der Waals surface area contributed by atoms with Gasteiger partial charge in [-0.15, -0.1) is 12.4 Å². The predicted octanol–water partition coefficient (Wildman–Crippen LogP) is 2.54. The molecule has 0 saturated carbocycles. The molecule has 98 valence electrons. The van der Waals surface area contributed by atoms with E-state index in [-0.39, 0.29) is 18.4 Å². The smallest absolute Gasteiger partial charge is 0.122 e. The summed E-state index contributed by atoms with van der Waals surface area (Å²) in [6, 6.07) is 6.29. The zero-order chi connectivity index (χ0) is 12.0. The fourth-order valence-corrected chi connectivity index (χ4v) is 1.67. The Kier molecular flexibility index (Phi) is 7.96. The summed E-state index contributed by atoms with van der Waals surface area (Å²) in [5.74, 6) is 0.906. The van der Waals surface area contributed by atoms with Crippen LogP contribution in [0.25, 0.3) is 0 Å². The maximum atomic E-state index is 5.97. The topological polar surface area (TPSA) is 44.5 Å². The first-order valence-electron chi connectivity index (χ1n) is 5.61. The molecule has 17 heavy (non-hydrogen) atoms. The van der Waals surface area contributed by atoms with Crippen molar-refractivity contribution in [2.45, 2.75) is 32.4 Å². The van der Waals surface area contributed by atoms with Crippen molar-refractivity contribution < 1.29 is 9.47 Å². The van der Waals surface area contributed by atoms with Crippen LogP contribution in [-0.4, -0.2) is 20.3 Å². The summed E-state index contributed by atoms with van der Waals surface area (Å²) < 4.78 is 10.4. The maximum Gasteiger partial charge on any atom is 0.122 e. The number of ether oxygens (including phenoxy) is 2. The van der Waals surface area contributed by atoms with Crippen molar-refractivity contribution in [2.24, 2.45) is 5.73 Å². The van der Waals surface area contributed by atoms with Crippen LogP contribution < -0.4 is 10.5 Å². The third-order valence-electron chi connectivity index (χ3n) is 2.66. The fraction of sp³-hybridized carbons (Fsp3) is 0.538. The highest BCUT2D eigenvalue weighted by atomic mass is 35.5. The highest BCUT2D eigenvalue weighted by molar-refractivity contribution is 5.85. The molecule has 0 aliphatic rings. The van der Waals surface area contributed by atoms with E-state index in [9.17, 15) is 0 Å². The maximum absolute atomic E-state index is 5.97. The van der Waals surface area contributed by atoms with E-state index in [4.69, 9.17) is 15.2 Å². The number of benzene rings is 1. The highest BCUT2D eigenvalue weighted by Crippen LogP contribution is 2.22. The summed E-state index contributed by atoms with van der Waals surface area (Å²) in [4.78, 5) is 0. The average Bonchev–Trinajstić information content (AvgIpc) is 2.30. The molecule has 0 aromatic heterocycles. The van der Waals surface area contributed by atoms with Crippen LogP contribution in [0.5, 0.6) is 5.75 Å². The van der Waals surface area contributed by atoms with Gasteiger partial charge >= 0.3 is 0 Å². The monoisotopic (exact) mass is 259 g/mol. The molecule has 0 fully saturated rings. The van der Waals surface area contributed by atoms with Gasteiger partial charge in [0.2, 0.25) is 0 Å². The van der Waals surface area contributed by atoms with E-state index in [1.165, 1.54) is 0 Å². The van der Waals surface area contributed by atoms with E-state index in [0.717, 1.165) is 29.7 Å². The Bertz CT molecular complexity index is 331. The van der Waals surface area contributed by atoms with Crippen molar-refractivity contribution in [3.8, 4) is 5.75 Å². The molecular formula is C13H22ClNO2. The molecular weight excluding hydrogens is 238 g/mol. The zero-order valence-electron chi connectivity index (χ0n) is 10.7. The molecule has 2 N–H and O–H groups in total. The second-order valence-corrected chi connectivity index (χ2v) is 3.95. The van der Waals surface area contributed by atoms with Gasteiger partial charge in [-0.3, -0.25) is 0 Å². The Labute approximate surface area is 110 Å². The highest BCUT2D eigenvalue weighted by Gasteiger charge is 2.08. The minimum atomic E-state index is 0. The lowest BCUT2D eigenvalue weighted by Crippen LogP contribution is -2.21.